The summed E-state index contributed by atoms with van der Waals surface area (Å²) in [6, 6.07) is -0.142. The van der Waals surface area contributed by atoms with Crippen molar-refractivity contribution in [3.8, 4) is 0 Å². The average Bonchev–Trinajstić information content (AvgIpc) is 2.27. The van der Waals surface area contributed by atoms with Crippen molar-refractivity contribution in [2.24, 2.45) is 5.41 Å². The van der Waals surface area contributed by atoms with Crippen LogP contribution in [0.2, 0.25) is 0 Å². The highest BCUT2D eigenvalue weighted by molar-refractivity contribution is 7.89. The van der Waals surface area contributed by atoms with Crippen LogP contribution >= 0.6 is 0 Å². The Morgan fingerprint density at radius 3 is 2.58 bits per heavy atom. The largest absolute Gasteiger partial charge is 0.378 e. The summed E-state index contributed by atoms with van der Waals surface area (Å²) >= 11 is 0. The molecule has 0 saturated carbocycles. The van der Waals surface area contributed by atoms with Gasteiger partial charge in [0.05, 0.1) is 19.0 Å². The van der Waals surface area contributed by atoms with Crippen LogP contribution in [0.25, 0.3) is 0 Å². The number of ether oxygens (including phenoxy) is 1. The van der Waals surface area contributed by atoms with E-state index in [1.165, 1.54) is 4.31 Å². The second-order valence-corrected chi connectivity index (χ2v) is 7.90. The van der Waals surface area contributed by atoms with Gasteiger partial charge in [0, 0.05) is 24.5 Å². The highest BCUT2D eigenvalue weighted by Crippen LogP contribution is 2.14. The molecular formula is C12H24N2O4S. The number of nitrogens with one attached hydrogen (secondary N) is 1. The number of amides is 1. The number of hydrogen-bond acceptors (Lipinski definition) is 4. The lowest BCUT2D eigenvalue weighted by Crippen LogP contribution is -2.49. The molecule has 112 valence electrons. The minimum absolute atomic E-state index is 0.0703. The molecule has 0 aromatic heterocycles. The third-order valence-corrected chi connectivity index (χ3v) is 4.97. The second-order valence-electron chi connectivity index (χ2n) is 5.86. The molecule has 0 radical (unpaired) electrons. The van der Waals surface area contributed by atoms with Crippen LogP contribution in [0.5, 0.6) is 0 Å². The first-order valence-electron chi connectivity index (χ1n) is 6.50. The van der Waals surface area contributed by atoms with Crippen molar-refractivity contribution in [2.45, 2.75) is 33.7 Å². The first-order valence-corrected chi connectivity index (χ1v) is 8.11. The van der Waals surface area contributed by atoms with Gasteiger partial charge in [-0.25, -0.2) is 8.42 Å². The van der Waals surface area contributed by atoms with Crippen molar-refractivity contribution in [2.75, 3.05) is 32.1 Å². The molecule has 0 bridgehead atoms. The Balaban J connectivity index is 2.49. The Morgan fingerprint density at radius 1 is 1.42 bits per heavy atom. The molecule has 1 aliphatic rings. The van der Waals surface area contributed by atoms with E-state index in [0.29, 0.717) is 19.8 Å². The lowest BCUT2D eigenvalue weighted by atomic mass is 9.96. The zero-order chi connectivity index (χ0) is 14.7. The normalized spacial score (nSPS) is 22.2. The molecule has 1 unspecified atom stereocenters. The van der Waals surface area contributed by atoms with Crippen LogP contribution in [-0.4, -0.2) is 56.7 Å². The van der Waals surface area contributed by atoms with Crippen LogP contribution < -0.4 is 5.32 Å². The van der Waals surface area contributed by atoms with Gasteiger partial charge in [-0.05, 0) is 6.92 Å². The van der Waals surface area contributed by atoms with Crippen LogP contribution in [-0.2, 0) is 19.6 Å². The third-order valence-electron chi connectivity index (χ3n) is 2.99. The summed E-state index contributed by atoms with van der Waals surface area (Å²) in [5, 5.41) is 2.66. The summed E-state index contributed by atoms with van der Waals surface area (Å²) in [6.07, 6.45) is 0. The standard InChI is InChI=1S/C12H24N2O4S/c1-10-9-18-7-6-14(10)19(16,17)8-5-13-11(15)12(2,3)4/h10H,5-9H2,1-4H3,(H,13,15). The van der Waals surface area contributed by atoms with Crippen molar-refractivity contribution >= 4 is 15.9 Å². The topological polar surface area (TPSA) is 75.7 Å². The molecule has 1 heterocycles. The van der Waals surface area contributed by atoms with Crippen LogP contribution in [0, 0.1) is 5.41 Å². The highest BCUT2D eigenvalue weighted by Gasteiger charge is 2.30. The predicted molar refractivity (Wildman–Crippen MR) is 73.2 cm³/mol. The Kier molecular flexibility index (Phi) is 5.34. The van der Waals surface area contributed by atoms with Crippen LogP contribution in [0.3, 0.4) is 0 Å². The Hall–Kier alpha value is -0.660. The number of rotatable bonds is 4. The second kappa shape index (κ2) is 6.19. The van der Waals surface area contributed by atoms with E-state index in [9.17, 15) is 13.2 Å². The van der Waals surface area contributed by atoms with Crippen LogP contribution in [0.1, 0.15) is 27.7 Å². The first-order chi connectivity index (χ1) is 8.64. The Bertz CT molecular complexity index is 414. The number of hydrogen-bond donors (Lipinski definition) is 1. The molecule has 1 rings (SSSR count). The smallest absolute Gasteiger partial charge is 0.225 e. The van der Waals surface area contributed by atoms with Crippen molar-refractivity contribution in [1.82, 2.24) is 9.62 Å². The molecule has 0 aliphatic carbocycles. The van der Waals surface area contributed by atoms with E-state index in [1.807, 2.05) is 6.92 Å². The van der Waals surface area contributed by atoms with Crippen molar-refractivity contribution in [1.29, 1.82) is 0 Å². The van der Waals surface area contributed by atoms with Crippen molar-refractivity contribution < 1.29 is 17.9 Å². The maximum absolute atomic E-state index is 12.1. The molecule has 0 spiro atoms. The number of nitrogens with zero attached hydrogens (tertiary/aromatic N) is 1. The molecule has 1 aliphatic heterocycles. The van der Waals surface area contributed by atoms with Gasteiger partial charge in [-0.15, -0.1) is 0 Å². The van der Waals surface area contributed by atoms with Crippen LogP contribution in [0.15, 0.2) is 0 Å². The summed E-state index contributed by atoms with van der Waals surface area (Å²) in [5.74, 6) is -0.211. The van der Waals surface area contributed by atoms with Crippen molar-refractivity contribution in [3.05, 3.63) is 0 Å². The van der Waals surface area contributed by atoms with Gasteiger partial charge in [0.2, 0.25) is 15.9 Å². The molecule has 0 aromatic rings. The molecule has 0 aromatic carbocycles. The van der Waals surface area contributed by atoms with Gasteiger partial charge in [0.25, 0.3) is 0 Å². The van der Waals surface area contributed by atoms with Crippen molar-refractivity contribution in [3.63, 3.8) is 0 Å². The highest BCUT2D eigenvalue weighted by atomic mass is 32.2. The quantitative estimate of drug-likeness (QED) is 0.803. The van der Waals surface area contributed by atoms with E-state index >= 15 is 0 Å². The summed E-state index contributed by atoms with van der Waals surface area (Å²) in [4.78, 5) is 11.7. The zero-order valence-electron chi connectivity index (χ0n) is 12.1. The van der Waals surface area contributed by atoms with Gasteiger partial charge in [-0.1, -0.05) is 20.8 Å². The van der Waals surface area contributed by atoms with Gasteiger partial charge >= 0.3 is 0 Å². The summed E-state index contributed by atoms with van der Waals surface area (Å²) in [5.41, 5.74) is -0.504. The van der Waals surface area contributed by atoms with E-state index in [2.05, 4.69) is 5.32 Å². The Labute approximate surface area is 115 Å². The zero-order valence-corrected chi connectivity index (χ0v) is 12.9. The molecular weight excluding hydrogens is 268 g/mol. The molecule has 1 amide bonds. The molecule has 19 heavy (non-hydrogen) atoms. The van der Waals surface area contributed by atoms with E-state index < -0.39 is 15.4 Å². The molecule has 6 nitrogen and oxygen atoms in total. The Morgan fingerprint density at radius 2 is 2.05 bits per heavy atom. The minimum atomic E-state index is -3.34. The van der Waals surface area contributed by atoms with E-state index in [4.69, 9.17) is 4.74 Å². The number of sulfonamides is 1. The maximum atomic E-state index is 12.1. The maximum Gasteiger partial charge on any atom is 0.225 e. The van der Waals surface area contributed by atoms with Gasteiger partial charge in [-0.3, -0.25) is 4.79 Å². The number of carbonyl (C=O) groups is 1. The fourth-order valence-corrected chi connectivity index (χ4v) is 3.36. The summed E-state index contributed by atoms with van der Waals surface area (Å²) < 4.78 is 31.0. The van der Waals surface area contributed by atoms with Gasteiger partial charge in [-0.2, -0.15) is 4.31 Å². The molecule has 7 heteroatoms. The SMILES string of the molecule is CC1COCCN1S(=O)(=O)CCNC(=O)C(C)(C)C. The van der Waals surface area contributed by atoms with E-state index in [1.54, 1.807) is 20.8 Å². The molecule has 1 N–H and O–H groups in total. The van der Waals surface area contributed by atoms with Gasteiger partial charge in [0.15, 0.2) is 0 Å². The monoisotopic (exact) mass is 292 g/mol. The molecule has 1 atom stereocenters. The van der Waals surface area contributed by atoms with Gasteiger partial charge in [0.1, 0.15) is 0 Å². The lowest BCUT2D eigenvalue weighted by Gasteiger charge is -2.32. The average molecular weight is 292 g/mol. The van der Waals surface area contributed by atoms with E-state index in [0.717, 1.165) is 0 Å². The first kappa shape index (κ1) is 16.4. The van der Waals surface area contributed by atoms with E-state index in [-0.39, 0.29) is 24.2 Å². The third kappa shape index (κ3) is 4.74. The molecule has 1 fully saturated rings. The lowest BCUT2D eigenvalue weighted by molar-refractivity contribution is -0.128. The fraction of sp³-hybridized carbons (Fsp3) is 0.917. The summed E-state index contributed by atoms with van der Waals surface area (Å²) in [7, 11) is -3.34. The van der Waals surface area contributed by atoms with Crippen LogP contribution in [0.4, 0.5) is 0 Å². The minimum Gasteiger partial charge on any atom is -0.378 e. The number of carbonyl (C=O) groups excluding carboxylic acids is 1. The van der Waals surface area contributed by atoms with Gasteiger partial charge < -0.3 is 10.1 Å². The predicted octanol–water partition coefficient (Wildman–Crippen LogP) is 0.199. The fourth-order valence-electron chi connectivity index (χ4n) is 1.80. The number of morpholine rings is 1. The molecule has 1 saturated heterocycles. The summed E-state index contributed by atoms with van der Waals surface area (Å²) in [6.45, 7) is 8.58.